The van der Waals surface area contributed by atoms with Gasteiger partial charge in [-0.3, -0.25) is 4.90 Å². The highest BCUT2D eigenvalue weighted by atomic mass is 35.5. The molecule has 1 heterocycles. The Hall–Kier alpha value is -0.620. The molecule has 1 aliphatic rings. The van der Waals surface area contributed by atoms with Crippen LogP contribution in [0.2, 0.25) is 5.02 Å². The third-order valence-electron chi connectivity index (χ3n) is 3.34. The van der Waals surface area contributed by atoms with E-state index in [9.17, 15) is 13.9 Å². The molecule has 1 atom stereocenters. The number of nitrogens with one attached hydrogen (secondary N) is 1. The Morgan fingerprint density at radius 2 is 1.95 bits per heavy atom. The van der Waals surface area contributed by atoms with Crippen molar-refractivity contribution in [1.82, 2.24) is 10.2 Å². The predicted octanol–water partition coefficient (Wildman–Crippen LogP) is 3.07. The topological polar surface area (TPSA) is 35.5 Å². The molecule has 7 heteroatoms. The first-order chi connectivity index (χ1) is 9.08. The molecule has 1 saturated heterocycles. The van der Waals surface area contributed by atoms with Gasteiger partial charge in [-0.15, -0.1) is 12.4 Å². The number of piperazine rings is 1. The second-order valence-corrected chi connectivity index (χ2v) is 5.07. The van der Waals surface area contributed by atoms with Crippen LogP contribution in [0.25, 0.3) is 0 Å². The molecule has 1 aliphatic heterocycles. The molecule has 0 spiro atoms. The van der Waals surface area contributed by atoms with E-state index < -0.39 is 12.5 Å². The second kappa shape index (κ2) is 7.98. The summed E-state index contributed by atoms with van der Waals surface area (Å²) in [4.78, 5) is 1.97. The maximum atomic E-state index is 12.8. The number of nitrogens with zero attached hydrogens (tertiary/aromatic N) is 1. The van der Waals surface area contributed by atoms with Gasteiger partial charge in [0.25, 0.3) is 0 Å². The molecule has 2 rings (SSSR count). The molecule has 20 heavy (non-hydrogen) atoms. The number of aromatic hydroxyl groups is 1. The first-order valence-electron chi connectivity index (χ1n) is 6.29. The van der Waals surface area contributed by atoms with Crippen molar-refractivity contribution in [3.63, 3.8) is 0 Å². The van der Waals surface area contributed by atoms with Crippen LogP contribution in [-0.4, -0.2) is 42.6 Å². The maximum Gasteiger partial charge on any atom is 0.240 e. The molecule has 1 fully saturated rings. The van der Waals surface area contributed by atoms with Gasteiger partial charge in [0.2, 0.25) is 6.43 Å². The number of phenols is 1. The maximum absolute atomic E-state index is 12.8. The number of rotatable bonds is 4. The minimum Gasteiger partial charge on any atom is -0.508 e. The van der Waals surface area contributed by atoms with Crippen LogP contribution in [0, 0.1) is 0 Å². The van der Waals surface area contributed by atoms with E-state index in [0.29, 0.717) is 23.7 Å². The van der Waals surface area contributed by atoms with Crippen LogP contribution in [0.15, 0.2) is 18.2 Å². The molecule has 1 aromatic carbocycles. The normalized spacial score (nSPS) is 17.8. The van der Waals surface area contributed by atoms with Gasteiger partial charge in [0, 0.05) is 49.2 Å². The van der Waals surface area contributed by atoms with E-state index in [4.69, 9.17) is 11.6 Å². The highest BCUT2D eigenvalue weighted by Crippen LogP contribution is 2.35. The van der Waals surface area contributed by atoms with Crippen LogP contribution in [-0.2, 0) is 0 Å². The van der Waals surface area contributed by atoms with Gasteiger partial charge in [-0.1, -0.05) is 11.6 Å². The number of phenolic OH excluding ortho intramolecular Hbond substituents is 1. The molecule has 2 N–H and O–H groups in total. The molecule has 0 radical (unpaired) electrons. The lowest BCUT2D eigenvalue weighted by molar-refractivity contribution is 0.0730. The first kappa shape index (κ1) is 17.4. The van der Waals surface area contributed by atoms with Gasteiger partial charge in [0.1, 0.15) is 5.75 Å². The molecule has 3 nitrogen and oxygen atoms in total. The van der Waals surface area contributed by atoms with E-state index in [1.165, 1.54) is 6.07 Å². The standard InChI is InChI=1S/C13H17ClF2N2O.ClH/c14-9-1-2-12(19)10(7-9)11(8-13(15)16)18-5-3-17-4-6-18;/h1-2,7,11,13,17,19H,3-6,8H2;1H/t11-;/m1./s1. The Bertz CT molecular complexity index is 429. The zero-order valence-corrected chi connectivity index (χ0v) is 12.4. The SMILES string of the molecule is Cl.Oc1ccc(Cl)cc1[C@@H](CC(F)F)N1CCNCC1. The largest absolute Gasteiger partial charge is 0.508 e. The molecule has 0 unspecified atom stereocenters. The summed E-state index contributed by atoms with van der Waals surface area (Å²) in [6.07, 6.45) is -2.72. The Labute approximate surface area is 128 Å². The number of hydrogen-bond donors (Lipinski definition) is 2. The lowest BCUT2D eigenvalue weighted by Gasteiger charge is -2.35. The lowest BCUT2D eigenvalue weighted by atomic mass is 10.00. The van der Waals surface area contributed by atoms with Gasteiger partial charge in [-0.25, -0.2) is 8.78 Å². The van der Waals surface area contributed by atoms with Crippen LogP contribution in [0.5, 0.6) is 5.75 Å². The smallest absolute Gasteiger partial charge is 0.240 e. The minimum atomic E-state index is -2.42. The van der Waals surface area contributed by atoms with E-state index in [-0.39, 0.29) is 24.6 Å². The summed E-state index contributed by atoms with van der Waals surface area (Å²) < 4.78 is 25.6. The number of hydrogen-bond acceptors (Lipinski definition) is 3. The van der Waals surface area contributed by atoms with E-state index in [0.717, 1.165) is 13.1 Å². The Kier molecular flexibility index (Phi) is 6.95. The summed E-state index contributed by atoms with van der Waals surface area (Å²) in [7, 11) is 0. The molecular weight excluding hydrogens is 309 g/mol. The minimum absolute atomic E-state index is 0. The quantitative estimate of drug-likeness (QED) is 0.892. The summed E-state index contributed by atoms with van der Waals surface area (Å²) in [5, 5.41) is 13.5. The van der Waals surface area contributed by atoms with Gasteiger partial charge in [0.05, 0.1) is 0 Å². The Morgan fingerprint density at radius 3 is 2.55 bits per heavy atom. The van der Waals surface area contributed by atoms with Crippen molar-refractivity contribution in [3.8, 4) is 5.75 Å². The van der Waals surface area contributed by atoms with Gasteiger partial charge in [0.15, 0.2) is 0 Å². The number of benzene rings is 1. The van der Waals surface area contributed by atoms with Crippen molar-refractivity contribution in [2.75, 3.05) is 26.2 Å². The van der Waals surface area contributed by atoms with Crippen LogP contribution in [0.4, 0.5) is 8.78 Å². The second-order valence-electron chi connectivity index (χ2n) is 4.63. The van der Waals surface area contributed by atoms with Crippen LogP contribution < -0.4 is 5.32 Å². The zero-order valence-electron chi connectivity index (χ0n) is 10.9. The van der Waals surface area contributed by atoms with Gasteiger partial charge in [-0.05, 0) is 18.2 Å². The monoisotopic (exact) mass is 326 g/mol. The molecule has 1 aromatic rings. The van der Waals surface area contributed by atoms with Gasteiger partial charge in [-0.2, -0.15) is 0 Å². The number of halogens is 4. The van der Waals surface area contributed by atoms with E-state index in [2.05, 4.69) is 5.32 Å². The molecule has 0 amide bonds. The third-order valence-corrected chi connectivity index (χ3v) is 3.58. The molecule has 0 aliphatic carbocycles. The van der Waals surface area contributed by atoms with Crippen molar-refractivity contribution in [1.29, 1.82) is 0 Å². The molecular formula is C13H18Cl2F2N2O. The Balaban J connectivity index is 0.00000200. The fraction of sp³-hybridized carbons (Fsp3) is 0.538. The van der Waals surface area contributed by atoms with E-state index in [1.807, 2.05) is 4.90 Å². The molecule has 0 saturated carbocycles. The lowest BCUT2D eigenvalue weighted by Crippen LogP contribution is -2.45. The summed E-state index contributed by atoms with van der Waals surface area (Å²) in [6, 6.07) is 4.09. The highest BCUT2D eigenvalue weighted by Gasteiger charge is 2.27. The van der Waals surface area contributed by atoms with Crippen molar-refractivity contribution in [3.05, 3.63) is 28.8 Å². The number of alkyl halides is 2. The van der Waals surface area contributed by atoms with Crippen LogP contribution >= 0.6 is 24.0 Å². The first-order valence-corrected chi connectivity index (χ1v) is 6.67. The van der Waals surface area contributed by atoms with E-state index in [1.54, 1.807) is 12.1 Å². The third kappa shape index (κ3) is 4.45. The molecule has 0 bridgehead atoms. The van der Waals surface area contributed by atoms with Crippen LogP contribution in [0.3, 0.4) is 0 Å². The van der Waals surface area contributed by atoms with Crippen molar-refractivity contribution in [2.24, 2.45) is 0 Å². The summed E-state index contributed by atoms with van der Waals surface area (Å²) in [5.74, 6) is 0.0218. The summed E-state index contributed by atoms with van der Waals surface area (Å²) in [6.45, 7) is 2.90. The van der Waals surface area contributed by atoms with Crippen molar-refractivity contribution < 1.29 is 13.9 Å². The summed E-state index contributed by atoms with van der Waals surface area (Å²) >= 11 is 5.91. The van der Waals surface area contributed by atoms with Crippen molar-refractivity contribution >= 4 is 24.0 Å². The molecule has 0 aromatic heterocycles. The van der Waals surface area contributed by atoms with Crippen molar-refractivity contribution in [2.45, 2.75) is 18.9 Å². The van der Waals surface area contributed by atoms with Gasteiger partial charge < -0.3 is 10.4 Å². The highest BCUT2D eigenvalue weighted by molar-refractivity contribution is 6.30. The predicted molar refractivity (Wildman–Crippen MR) is 78.2 cm³/mol. The Morgan fingerprint density at radius 1 is 1.30 bits per heavy atom. The average Bonchev–Trinajstić information content (AvgIpc) is 2.40. The van der Waals surface area contributed by atoms with Crippen LogP contribution in [0.1, 0.15) is 18.0 Å². The van der Waals surface area contributed by atoms with Gasteiger partial charge >= 0.3 is 0 Å². The molecule has 114 valence electrons. The summed E-state index contributed by atoms with van der Waals surface area (Å²) in [5.41, 5.74) is 0.481. The fourth-order valence-electron chi connectivity index (χ4n) is 2.43. The zero-order chi connectivity index (χ0) is 13.8. The fourth-order valence-corrected chi connectivity index (χ4v) is 2.61. The van der Waals surface area contributed by atoms with E-state index >= 15 is 0 Å². The average molecular weight is 327 g/mol.